The summed E-state index contributed by atoms with van der Waals surface area (Å²) in [6, 6.07) is 14.8. The Kier molecular flexibility index (Phi) is 4.67. The number of amides is 1. The van der Waals surface area contributed by atoms with E-state index in [-0.39, 0.29) is 5.91 Å². The van der Waals surface area contributed by atoms with Crippen molar-refractivity contribution in [3.63, 3.8) is 0 Å². The van der Waals surface area contributed by atoms with Gasteiger partial charge in [0.05, 0.1) is 23.9 Å². The molecule has 0 spiro atoms. The molecule has 5 heteroatoms. The van der Waals surface area contributed by atoms with Crippen molar-refractivity contribution in [2.45, 2.75) is 13.5 Å². The van der Waals surface area contributed by atoms with Gasteiger partial charge in [-0.3, -0.25) is 9.78 Å². The number of carbonyl (C=O) groups excluding carboxylic acids is 1. The first-order valence-electron chi connectivity index (χ1n) is 7.55. The number of carbonyl (C=O) groups is 1. The maximum absolute atomic E-state index is 12.5. The van der Waals surface area contributed by atoms with Gasteiger partial charge in [0.2, 0.25) is 0 Å². The third kappa shape index (κ3) is 3.49. The van der Waals surface area contributed by atoms with Crippen LogP contribution in [0.3, 0.4) is 0 Å². The second kappa shape index (κ2) is 6.89. The van der Waals surface area contributed by atoms with Gasteiger partial charge in [-0.2, -0.15) is 0 Å². The number of halogens is 1. The molecule has 0 aliphatic heterocycles. The monoisotopic (exact) mass is 340 g/mol. The van der Waals surface area contributed by atoms with Gasteiger partial charge in [0.1, 0.15) is 5.75 Å². The van der Waals surface area contributed by atoms with E-state index in [1.807, 2.05) is 43.3 Å². The molecule has 3 aromatic rings. The van der Waals surface area contributed by atoms with Gasteiger partial charge in [0.15, 0.2) is 0 Å². The minimum absolute atomic E-state index is 0.153. The summed E-state index contributed by atoms with van der Waals surface area (Å²) >= 11 is 5.87. The van der Waals surface area contributed by atoms with Crippen molar-refractivity contribution in [1.82, 2.24) is 10.3 Å². The summed E-state index contributed by atoms with van der Waals surface area (Å²) in [7, 11) is 1.61. The molecule has 0 unspecified atom stereocenters. The van der Waals surface area contributed by atoms with Crippen LogP contribution in [-0.4, -0.2) is 18.0 Å². The van der Waals surface area contributed by atoms with E-state index in [0.717, 1.165) is 22.2 Å². The maximum Gasteiger partial charge on any atom is 0.253 e. The highest BCUT2D eigenvalue weighted by Gasteiger charge is 2.12. The van der Waals surface area contributed by atoms with E-state index < -0.39 is 0 Å². The molecule has 1 amide bonds. The highest BCUT2D eigenvalue weighted by molar-refractivity contribution is 6.30. The smallest absolute Gasteiger partial charge is 0.253 e. The molecule has 1 heterocycles. The quantitative estimate of drug-likeness (QED) is 0.776. The van der Waals surface area contributed by atoms with Crippen LogP contribution in [0.25, 0.3) is 10.9 Å². The van der Waals surface area contributed by atoms with E-state index >= 15 is 0 Å². The van der Waals surface area contributed by atoms with E-state index in [9.17, 15) is 4.79 Å². The molecule has 0 bridgehead atoms. The third-order valence-corrected chi connectivity index (χ3v) is 4.08. The van der Waals surface area contributed by atoms with Crippen LogP contribution in [-0.2, 0) is 6.54 Å². The standard InChI is InChI=1S/C19H17ClN2O2/c1-12-17(10-14-9-16(24-2)7-8-18(14)22-12)19(23)21-11-13-3-5-15(20)6-4-13/h3-10H,11H2,1-2H3,(H,21,23). The van der Waals surface area contributed by atoms with Gasteiger partial charge in [-0.1, -0.05) is 23.7 Å². The molecule has 24 heavy (non-hydrogen) atoms. The Morgan fingerprint density at radius 2 is 1.92 bits per heavy atom. The number of ether oxygens (including phenoxy) is 1. The molecule has 2 aromatic carbocycles. The van der Waals surface area contributed by atoms with Gasteiger partial charge in [-0.25, -0.2) is 0 Å². The van der Waals surface area contributed by atoms with E-state index in [1.54, 1.807) is 19.2 Å². The predicted molar refractivity (Wildman–Crippen MR) is 95.7 cm³/mol. The SMILES string of the molecule is COc1ccc2nc(C)c(C(=O)NCc3ccc(Cl)cc3)cc2c1. The topological polar surface area (TPSA) is 51.2 Å². The first-order valence-corrected chi connectivity index (χ1v) is 7.92. The van der Waals surface area contributed by atoms with Crippen LogP contribution < -0.4 is 10.1 Å². The van der Waals surface area contributed by atoms with Crippen LogP contribution in [0.5, 0.6) is 5.75 Å². The molecule has 1 aromatic heterocycles. The second-order valence-corrected chi connectivity index (χ2v) is 5.93. The zero-order valence-electron chi connectivity index (χ0n) is 13.5. The molecule has 122 valence electrons. The molecular formula is C19H17ClN2O2. The fraction of sp³-hybridized carbons (Fsp3) is 0.158. The van der Waals surface area contributed by atoms with Crippen molar-refractivity contribution in [3.05, 3.63) is 70.4 Å². The Balaban J connectivity index is 1.83. The summed E-state index contributed by atoms with van der Waals surface area (Å²) in [6.45, 7) is 2.27. The zero-order valence-corrected chi connectivity index (χ0v) is 14.2. The molecule has 3 rings (SSSR count). The lowest BCUT2D eigenvalue weighted by atomic mass is 10.1. The Bertz CT molecular complexity index is 892. The number of benzene rings is 2. The summed E-state index contributed by atoms with van der Waals surface area (Å²) < 4.78 is 5.23. The number of nitrogens with one attached hydrogen (secondary N) is 1. The molecule has 0 aliphatic rings. The molecule has 4 nitrogen and oxygen atoms in total. The number of nitrogens with zero attached hydrogens (tertiary/aromatic N) is 1. The number of methoxy groups -OCH3 is 1. The van der Waals surface area contributed by atoms with Crippen molar-refractivity contribution in [1.29, 1.82) is 0 Å². The lowest BCUT2D eigenvalue weighted by Gasteiger charge is -2.10. The minimum atomic E-state index is -0.153. The third-order valence-electron chi connectivity index (χ3n) is 3.82. The molecule has 0 aliphatic carbocycles. The molecule has 1 N–H and O–H groups in total. The number of aromatic nitrogens is 1. The molecule has 0 saturated heterocycles. The van der Waals surface area contributed by atoms with E-state index in [1.165, 1.54) is 0 Å². The maximum atomic E-state index is 12.5. The molecule has 0 atom stereocenters. The Hall–Kier alpha value is -2.59. The first kappa shape index (κ1) is 16.3. The number of rotatable bonds is 4. The molecule has 0 fully saturated rings. The van der Waals surface area contributed by atoms with E-state index in [0.29, 0.717) is 22.8 Å². The summed E-state index contributed by atoms with van der Waals surface area (Å²) in [5, 5.41) is 4.46. The van der Waals surface area contributed by atoms with Crippen LogP contribution in [0.4, 0.5) is 0 Å². The largest absolute Gasteiger partial charge is 0.497 e. The highest BCUT2D eigenvalue weighted by Crippen LogP contribution is 2.22. The fourth-order valence-electron chi connectivity index (χ4n) is 2.49. The van der Waals surface area contributed by atoms with Gasteiger partial charge in [-0.05, 0) is 48.9 Å². The average Bonchev–Trinajstić information content (AvgIpc) is 2.60. The molecule has 0 saturated carbocycles. The lowest BCUT2D eigenvalue weighted by molar-refractivity contribution is 0.0950. The van der Waals surface area contributed by atoms with E-state index in [4.69, 9.17) is 16.3 Å². The Morgan fingerprint density at radius 3 is 2.62 bits per heavy atom. The van der Waals surface area contributed by atoms with Crippen molar-refractivity contribution in [2.24, 2.45) is 0 Å². The summed E-state index contributed by atoms with van der Waals surface area (Å²) in [4.78, 5) is 17.0. The first-order chi connectivity index (χ1) is 11.6. The second-order valence-electron chi connectivity index (χ2n) is 5.49. The van der Waals surface area contributed by atoms with Crippen LogP contribution in [0.1, 0.15) is 21.6 Å². The molecular weight excluding hydrogens is 324 g/mol. The normalized spacial score (nSPS) is 10.6. The van der Waals surface area contributed by atoms with Gasteiger partial charge < -0.3 is 10.1 Å². The van der Waals surface area contributed by atoms with Crippen LogP contribution in [0.2, 0.25) is 5.02 Å². The van der Waals surface area contributed by atoms with Crippen LogP contribution in [0.15, 0.2) is 48.5 Å². The van der Waals surface area contributed by atoms with Gasteiger partial charge in [-0.15, -0.1) is 0 Å². The summed E-state index contributed by atoms with van der Waals surface area (Å²) in [6.07, 6.45) is 0. The summed E-state index contributed by atoms with van der Waals surface area (Å²) in [5.74, 6) is 0.584. The number of fused-ring (bicyclic) bond motifs is 1. The number of aryl methyl sites for hydroxylation is 1. The van der Waals surface area contributed by atoms with Crippen molar-refractivity contribution in [3.8, 4) is 5.75 Å². The Labute approximate surface area is 145 Å². The highest BCUT2D eigenvalue weighted by atomic mass is 35.5. The van der Waals surface area contributed by atoms with E-state index in [2.05, 4.69) is 10.3 Å². The van der Waals surface area contributed by atoms with Crippen molar-refractivity contribution < 1.29 is 9.53 Å². The lowest BCUT2D eigenvalue weighted by Crippen LogP contribution is -2.24. The number of pyridine rings is 1. The summed E-state index contributed by atoms with van der Waals surface area (Å²) in [5.41, 5.74) is 3.08. The minimum Gasteiger partial charge on any atom is -0.497 e. The molecule has 0 radical (unpaired) electrons. The number of hydrogen-bond donors (Lipinski definition) is 1. The van der Waals surface area contributed by atoms with Crippen LogP contribution in [0, 0.1) is 6.92 Å². The van der Waals surface area contributed by atoms with Gasteiger partial charge >= 0.3 is 0 Å². The Morgan fingerprint density at radius 1 is 1.17 bits per heavy atom. The average molecular weight is 341 g/mol. The van der Waals surface area contributed by atoms with Crippen molar-refractivity contribution >= 4 is 28.4 Å². The zero-order chi connectivity index (χ0) is 17.1. The fourth-order valence-corrected chi connectivity index (χ4v) is 2.61. The van der Waals surface area contributed by atoms with Crippen molar-refractivity contribution in [2.75, 3.05) is 7.11 Å². The number of hydrogen-bond acceptors (Lipinski definition) is 3. The van der Waals surface area contributed by atoms with Gasteiger partial charge in [0, 0.05) is 17.0 Å². The van der Waals surface area contributed by atoms with Gasteiger partial charge in [0.25, 0.3) is 5.91 Å². The van der Waals surface area contributed by atoms with Crippen LogP contribution >= 0.6 is 11.6 Å². The predicted octanol–water partition coefficient (Wildman–Crippen LogP) is 4.14.